The SMILES string of the molecule is Cc1cc(C(=O)N[C@@H]2CN(c3ccncn3)C[C@H]2CO)nn1C. The second kappa shape index (κ2) is 6.33. The van der Waals surface area contributed by atoms with Crippen LogP contribution in [0.5, 0.6) is 0 Å². The van der Waals surface area contributed by atoms with Gasteiger partial charge in [0.15, 0.2) is 0 Å². The molecule has 1 aliphatic heterocycles. The van der Waals surface area contributed by atoms with Crippen molar-refractivity contribution >= 4 is 11.7 Å². The van der Waals surface area contributed by atoms with Crippen molar-refractivity contribution < 1.29 is 9.90 Å². The Morgan fingerprint density at radius 2 is 2.30 bits per heavy atom. The van der Waals surface area contributed by atoms with Gasteiger partial charge in [0.25, 0.3) is 5.91 Å². The molecule has 3 heterocycles. The van der Waals surface area contributed by atoms with E-state index in [2.05, 4.69) is 20.4 Å². The number of aryl methyl sites for hydroxylation is 2. The standard InChI is InChI=1S/C15H20N6O2/c1-10-5-12(19-20(10)2)15(23)18-13-7-21(6-11(13)8-22)14-3-4-16-9-17-14/h3-5,9,11,13,22H,6-8H2,1-2H3,(H,18,23)/t11-,13+/m0/s1. The van der Waals surface area contributed by atoms with Gasteiger partial charge in [0, 0.05) is 44.6 Å². The fraction of sp³-hybridized carbons (Fsp3) is 0.467. The minimum atomic E-state index is -0.221. The van der Waals surface area contributed by atoms with Crippen LogP contribution in [0.25, 0.3) is 0 Å². The van der Waals surface area contributed by atoms with Crippen molar-refractivity contribution in [1.82, 2.24) is 25.1 Å². The Morgan fingerprint density at radius 3 is 2.91 bits per heavy atom. The highest BCUT2D eigenvalue weighted by Crippen LogP contribution is 2.22. The zero-order valence-corrected chi connectivity index (χ0v) is 13.2. The Labute approximate surface area is 134 Å². The number of aliphatic hydroxyl groups is 1. The normalized spacial score (nSPS) is 20.7. The van der Waals surface area contributed by atoms with Gasteiger partial charge in [-0.1, -0.05) is 0 Å². The molecule has 0 saturated carbocycles. The van der Waals surface area contributed by atoms with Gasteiger partial charge in [0.1, 0.15) is 17.8 Å². The minimum Gasteiger partial charge on any atom is -0.396 e. The van der Waals surface area contributed by atoms with Gasteiger partial charge in [0.2, 0.25) is 0 Å². The smallest absolute Gasteiger partial charge is 0.272 e. The third-order valence-corrected chi connectivity index (χ3v) is 4.23. The lowest BCUT2D eigenvalue weighted by molar-refractivity contribution is 0.0916. The molecule has 2 N–H and O–H groups in total. The molecule has 0 spiro atoms. The van der Waals surface area contributed by atoms with Gasteiger partial charge in [-0.2, -0.15) is 5.10 Å². The molecule has 2 aromatic rings. The molecule has 0 aromatic carbocycles. The Kier molecular flexibility index (Phi) is 4.24. The summed E-state index contributed by atoms with van der Waals surface area (Å²) in [6.45, 7) is 3.14. The number of hydrogen-bond acceptors (Lipinski definition) is 6. The second-order valence-corrected chi connectivity index (χ2v) is 5.79. The summed E-state index contributed by atoms with van der Waals surface area (Å²) in [7, 11) is 1.80. The van der Waals surface area contributed by atoms with E-state index in [-0.39, 0.29) is 24.5 Å². The van der Waals surface area contributed by atoms with E-state index in [0.717, 1.165) is 11.5 Å². The Balaban J connectivity index is 1.70. The molecule has 0 unspecified atom stereocenters. The average Bonchev–Trinajstić information content (AvgIpc) is 3.12. The first-order valence-corrected chi connectivity index (χ1v) is 7.52. The monoisotopic (exact) mass is 316 g/mol. The van der Waals surface area contributed by atoms with Gasteiger partial charge in [0.05, 0.1) is 6.04 Å². The van der Waals surface area contributed by atoms with Crippen LogP contribution in [-0.2, 0) is 7.05 Å². The van der Waals surface area contributed by atoms with Crippen molar-refractivity contribution in [2.24, 2.45) is 13.0 Å². The number of nitrogens with zero attached hydrogens (tertiary/aromatic N) is 5. The van der Waals surface area contributed by atoms with Gasteiger partial charge >= 0.3 is 0 Å². The molecule has 0 aliphatic carbocycles. The highest BCUT2D eigenvalue weighted by molar-refractivity contribution is 5.92. The summed E-state index contributed by atoms with van der Waals surface area (Å²) in [4.78, 5) is 22.5. The number of nitrogens with one attached hydrogen (secondary N) is 1. The summed E-state index contributed by atoms with van der Waals surface area (Å²) < 4.78 is 1.67. The third-order valence-electron chi connectivity index (χ3n) is 4.23. The first kappa shape index (κ1) is 15.4. The molecular weight excluding hydrogens is 296 g/mol. The maximum Gasteiger partial charge on any atom is 0.272 e. The molecular formula is C15H20N6O2. The Hall–Kier alpha value is -2.48. The van der Waals surface area contributed by atoms with E-state index in [0.29, 0.717) is 18.8 Å². The van der Waals surface area contributed by atoms with Crippen LogP contribution in [0.3, 0.4) is 0 Å². The molecule has 1 aliphatic rings. The molecule has 0 radical (unpaired) electrons. The average molecular weight is 316 g/mol. The molecule has 2 atom stereocenters. The number of hydrogen-bond donors (Lipinski definition) is 2. The fourth-order valence-electron chi connectivity index (χ4n) is 2.79. The first-order valence-electron chi connectivity index (χ1n) is 7.52. The van der Waals surface area contributed by atoms with Crippen LogP contribution in [0.4, 0.5) is 5.82 Å². The lowest BCUT2D eigenvalue weighted by Gasteiger charge is -2.17. The second-order valence-electron chi connectivity index (χ2n) is 5.79. The summed E-state index contributed by atoms with van der Waals surface area (Å²) >= 11 is 0. The van der Waals surface area contributed by atoms with Crippen LogP contribution < -0.4 is 10.2 Å². The summed E-state index contributed by atoms with van der Waals surface area (Å²) in [5.41, 5.74) is 1.31. The molecule has 23 heavy (non-hydrogen) atoms. The number of carbonyl (C=O) groups is 1. The van der Waals surface area contributed by atoms with E-state index in [9.17, 15) is 9.90 Å². The molecule has 1 amide bonds. The zero-order valence-electron chi connectivity index (χ0n) is 13.2. The maximum atomic E-state index is 12.4. The fourth-order valence-corrected chi connectivity index (χ4v) is 2.79. The summed E-state index contributed by atoms with van der Waals surface area (Å²) in [5.74, 6) is 0.532. The third kappa shape index (κ3) is 3.16. The number of amides is 1. The summed E-state index contributed by atoms with van der Waals surface area (Å²) in [6, 6.07) is 3.42. The molecule has 1 fully saturated rings. The molecule has 8 heteroatoms. The maximum absolute atomic E-state index is 12.4. The van der Waals surface area contributed by atoms with Crippen molar-refractivity contribution in [2.45, 2.75) is 13.0 Å². The van der Waals surface area contributed by atoms with Crippen LogP contribution in [0.2, 0.25) is 0 Å². The van der Waals surface area contributed by atoms with Gasteiger partial charge in [-0.3, -0.25) is 9.48 Å². The predicted molar refractivity (Wildman–Crippen MR) is 84.0 cm³/mol. The van der Waals surface area contributed by atoms with Crippen LogP contribution in [-0.4, -0.2) is 56.5 Å². The minimum absolute atomic E-state index is 0.00771. The van der Waals surface area contributed by atoms with Gasteiger partial charge < -0.3 is 15.3 Å². The number of aromatic nitrogens is 4. The lowest BCUT2D eigenvalue weighted by atomic mass is 10.1. The van der Waals surface area contributed by atoms with Crippen LogP contribution in [0.15, 0.2) is 24.7 Å². The van der Waals surface area contributed by atoms with Crippen molar-refractivity contribution in [2.75, 3.05) is 24.6 Å². The van der Waals surface area contributed by atoms with Crippen molar-refractivity contribution in [3.05, 3.63) is 36.0 Å². The quantitative estimate of drug-likeness (QED) is 0.807. The molecule has 122 valence electrons. The van der Waals surface area contributed by atoms with Crippen molar-refractivity contribution in [3.63, 3.8) is 0 Å². The van der Waals surface area contributed by atoms with E-state index in [1.165, 1.54) is 6.33 Å². The lowest BCUT2D eigenvalue weighted by Crippen LogP contribution is -2.41. The zero-order chi connectivity index (χ0) is 16.4. The molecule has 1 saturated heterocycles. The highest BCUT2D eigenvalue weighted by Gasteiger charge is 2.34. The number of aliphatic hydroxyl groups excluding tert-OH is 1. The van der Waals surface area contributed by atoms with E-state index >= 15 is 0 Å². The van der Waals surface area contributed by atoms with Gasteiger partial charge in [-0.15, -0.1) is 0 Å². The van der Waals surface area contributed by atoms with Gasteiger partial charge in [-0.25, -0.2) is 9.97 Å². The first-order chi connectivity index (χ1) is 11.1. The summed E-state index contributed by atoms with van der Waals surface area (Å²) in [5, 5.41) is 16.8. The van der Waals surface area contributed by atoms with E-state index in [1.54, 1.807) is 24.0 Å². The van der Waals surface area contributed by atoms with E-state index in [1.807, 2.05) is 17.9 Å². The van der Waals surface area contributed by atoms with Crippen LogP contribution in [0.1, 0.15) is 16.2 Å². The van der Waals surface area contributed by atoms with Gasteiger partial charge in [-0.05, 0) is 19.1 Å². The molecule has 8 nitrogen and oxygen atoms in total. The Bertz CT molecular complexity index is 667. The largest absolute Gasteiger partial charge is 0.396 e. The number of anilines is 1. The summed E-state index contributed by atoms with van der Waals surface area (Å²) in [6.07, 6.45) is 3.17. The van der Waals surface area contributed by atoms with E-state index < -0.39 is 0 Å². The highest BCUT2D eigenvalue weighted by atomic mass is 16.3. The van der Waals surface area contributed by atoms with Crippen LogP contribution in [0, 0.1) is 12.8 Å². The Morgan fingerprint density at radius 1 is 1.48 bits per heavy atom. The van der Waals surface area contributed by atoms with Crippen molar-refractivity contribution in [3.8, 4) is 0 Å². The van der Waals surface area contributed by atoms with Crippen LogP contribution >= 0.6 is 0 Å². The topological polar surface area (TPSA) is 96.2 Å². The number of carbonyl (C=O) groups excluding carboxylic acids is 1. The van der Waals surface area contributed by atoms with Crippen molar-refractivity contribution in [1.29, 1.82) is 0 Å². The predicted octanol–water partition coefficient (Wildman–Crippen LogP) is -0.254. The van der Waals surface area contributed by atoms with E-state index in [4.69, 9.17) is 0 Å². The molecule has 2 aromatic heterocycles. The molecule has 0 bridgehead atoms. The molecule has 3 rings (SSSR count). The number of rotatable bonds is 4.